The number of hydrogen-bond acceptors (Lipinski definition) is 4. The van der Waals surface area contributed by atoms with Crippen LogP contribution in [0, 0.1) is 0 Å². The minimum Gasteiger partial charge on any atom is -0.495 e. The second-order valence-electron chi connectivity index (χ2n) is 7.02. The molecule has 29 heavy (non-hydrogen) atoms. The van der Waals surface area contributed by atoms with E-state index in [-0.39, 0.29) is 11.8 Å². The predicted molar refractivity (Wildman–Crippen MR) is 114 cm³/mol. The maximum Gasteiger partial charge on any atom is 0.259 e. The van der Waals surface area contributed by atoms with E-state index in [9.17, 15) is 4.79 Å². The first-order valence-electron chi connectivity index (χ1n) is 9.66. The highest BCUT2D eigenvalue weighted by molar-refractivity contribution is 6.32. The summed E-state index contributed by atoms with van der Waals surface area (Å²) in [5, 5.41) is 11.3. The SMILES string of the molecule is COc1ccc(NC(=O)c2cnn(-c3ccccc3)c2C2CCNCC2)cc1Cl. The molecule has 6 nitrogen and oxygen atoms in total. The van der Waals surface area contributed by atoms with Crippen molar-refractivity contribution in [1.29, 1.82) is 0 Å². The molecule has 1 saturated heterocycles. The summed E-state index contributed by atoms with van der Waals surface area (Å²) in [4.78, 5) is 13.1. The van der Waals surface area contributed by atoms with Gasteiger partial charge in [-0.25, -0.2) is 4.68 Å². The van der Waals surface area contributed by atoms with Crippen LogP contribution in [0.5, 0.6) is 5.75 Å². The molecule has 1 aliphatic heterocycles. The van der Waals surface area contributed by atoms with Gasteiger partial charge in [0.2, 0.25) is 0 Å². The van der Waals surface area contributed by atoms with Crippen molar-refractivity contribution < 1.29 is 9.53 Å². The number of hydrogen-bond donors (Lipinski definition) is 2. The molecule has 0 saturated carbocycles. The van der Waals surface area contributed by atoms with Crippen LogP contribution in [0.25, 0.3) is 5.69 Å². The first-order valence-corrected chi connectivity index (χ1v) is 10.0. The Hall–Kier alpha value is -2.83. The number of rotatable bonds is 5. The molecule has 1 aromatic heterocycles. The van der Waals surface area contributed by atoms with Crippen LogP contribution in [0.15, 0.2) is 54.7 Å². The molecule has 0 radical (unpaired) electrons. The van der Waals surface area contributed by atoms with E-state index in [0.717, 1.165) is 37.3 Å². The van der Waals surface area contributed by atoms with Crippen LogP contribution < -0.4 is 15.4 Å². The van der Waals surface area contributed by atoms with Gasteiger partial charge in [-0.2, -0.15) is 5.10 Å². The normalized spacial score (nSPS) is 14.6. The minimum atomic E-state index is -0.193. The number of para-hydroxylation sites is 1. The van der Waals surface area contributed by atoms with E-state index in [0.29, 0.717) is 22.0 Å². The number of halogens is 1. The minimum absolute atomic E-state index is 0.193. The molecule has 4 rings (SSSR count). The largest absolute Gasteiger partial charge is 0.495 e. The van der Waals surface area contributed by atoms with Crippen LogP contribution in [0.2, 0.25) is 5.02 Å². The fourth-order valence-corrected chi connectivity index (χ4v) is 4.00. The summed E-state index contributed by atoms with van der Waals surface area (Å²) in [5.41, 5.74) is 3.11. The van der Waals surface area contributed by atoms with Crippen molar-refractivity contribution in [3.05, 3.63) is 71.0 Å². The third-order valence-corrected chi connectivity index (χ3v) is 5.48. The van der Waals surface area contributed by atoms with Gasteiger partial charge in [-0.15, -0.1) is 0 Å². The van der Waals surface area contributed by atoms with E-state index < -0.39 is 0 Å². The summed E-state index contributed by atoms with van der Waals surface area (Å²) in [7, 11) is 1.56. The highest BCUT2D eigenvalue weighted by Gasteiger charge is 2.27. The lowest BCUT2D eigenvalue weighted by molar-refractivity contribution is 0.102. The lowest BCUT2D eigenvalue weighted by atomic mass is 9.91. The molecule has 0 atom stereocenters. The number of nitrogens with one attached hydrogen (secondary N) is 2. The third-order valence-electron chi connectivity index (χ3n) is 5.19. The topological polar surface area (TPSA) is 68.2 Å². The molecule has 0 spiro atoms. The van der Waals surface area contributed by atoms with E-state index in [1.165, 1.54) is 0 Å². The molecular formula is C22H23ClN4O2. The molecule has 0 aliphatic carbocycles. The van der Waals surface area contributed by atoms with Crippen molar-refractivity contribution in [3.8, 4) is 11.4 Å². The molecule has 1 aliphatic rings. The van der Waals surface area contributed by atoms with Gasteiger partial charge in [0, 0.05) is 11.6 Å². The first-order chi connectivity index (χ1) is 14.2. The molecule has 7 heteroatoms. The number of carbonyl (C=O) groups is 1. The van der Waals surface area contributed by atoms with Gasteiger partial charge in [0.15, 0.2) is 0 Å². The number of anilines is 1. The number of methoxy groups -OCH3 is 1. The second kappa shape index (κ2) is 8.68. The smallest absolute Gasteiger partial charge is 0.259 e. The standard InChI is InChI=1S/C22H23ClN4O2/c1-29-20-8-7-16(13-19(20)23)26-22(28)18-14-25-27(17-5-3-2-4-6-17)21(18)15-9-11-24-12-10-15/h2-8,13-15,24H,9-12H2,1H3,(H,26,28). The van der Waals surface area contributed by atoms with Gasteiger partial charge in [-0.05, 0) is 56.3 Å². The molecule has 3 aromatic rings. The Kier molecular flexibility index (Phi) is 5.83. The van der Waals surface area contributed by atoms with Crippen molar-refractivity contribution in [2.45, 2.75) is 18.8 Å². The zero-order valence-corrected chi connectivity index (χ0v) is 16.9. The molecule has 0 bridgehead atoms. The van der Waals surface area contributed by atoms with Crippen molar-refractivity contribution in [2.75, 3.05) is 25.5 Å². The Morgan fingerprint density at radius 2 is 1.97 bits per heavy atom. The van der Waals surface area contributed by atoms with Crippen LogP contribution in [-0.2, 0) is 0 Å². The molecule has 1 amide bonds. The Morgan fingerprint density at radius 3 is 2.66 bits per heavy atom. The summed E-state index contributed by atoms with van der Waals surface area (Å²) in [6.45, 7) is 1.86. The van der Waals surface area contributed by atoms with Crippen LogP contribution in [-0.4, -0.2) is 35.9 Å². The van der Waals surface area contributed by atoms with E-state index >= 15 is 0 Å². The van der Waals surface area contributed by atoms with Crippen LogP contribution in [0.4, 0.5) is 5.69 Å². The summed E-state index contributed by atoms with van der Waals surface area (Å²) < 4.78 is 7.07. The number of carbonyl (C=O) groups excluding carboxylic acids is 1. The van der Waals surface area contributed by atoms with Crippen LogP contribution in [0.3, 0.4) is 0 Å². The molecule has 2 heterocycles. The number of amides is 1. The van der Waals surface area contributed by atoms with Gasteiger partial charge in [0.1, 0.15) is 5.75 Å². The average Bonchev–Trinajstić information content (AvgIpc) is 3.20. The Labute approximate surface area is 174 Å². The van der Waals surface area contributed by atoms with E-state index in [2.05, 4.69) is 15.7 Å². The lowest BCUT2D eigenvalue weighted by Crippen LogP contribution is -2.29. The van der Waals surface area contributed by atoms with Crippen molar-refractivity contribution in [1.82, 2.24) is 15.1 Å². The highest BCUT2D eigenvalue weighted by Crippen LogP contribution is 2.31. The van der Waals surface area contributed by atoms with Crippen molar-refractivity contribution >= 4 is 23.2 Å². The fourth-order valence-electron chi connectivity index (χ4n) is 3.74. The maximum absolute atomic E-state index is 13.1. The molecule has 0 unspecified atom stereocenters. The zero-order chi connectivity index (χ0) is 20.2. The number of aromatic nitrogens is 2. The number of benzene rings is 2. The van der Waals surface area contributed by atoms with Gasteiger partial charge in [0.05, 0.1) is 35.3 Å². The number of nitrogens with zero attached hydrogens (tertiary/aromatic N) is 2. The van der Waals surface area contributed by atoms with Crippen LogP contribution >= 0.6 is 11.6 Å². The summed E-state index contributed by atoms with van der Waals surface area (Å²) in [6.07, 6.45) is 3.59. The third kappa shape index (κ3) is 4.13. The van der Waals surface area contributed by atoms with Crippen molar-refractivity contribution in [2.24, 2.45) is 0 Å². The monoisotopic (exact) mass is 410 g/mol. The fraction of sp³-hybridized carbons (Fsp3) is 0.273. The first kappa shape index (κ1) is 19.5. The van der Waals surface area contributed by atoms with Gasteiger partial charge in [0.25, 0.3) is 5.91 Å². The Bertz CT molecular complexity index is 997. The van der Waals surface area contributed by atoms with Gasteiger partial charge >= 0.3 is 0 Å². The second-order valence-corrected chi connectivity index (χ2v) is 7.43. The molecule has 1 fully saturated rings. The predicted octanol–water partition coefficient (Wildman–Crippen LogP) is 4.25. The molecule has 150 valence electrons. The molecule has 2 N–H and O–H groups in total. The lowest BCUT2D eigenvalue weighted by Gasteiger charge is -2.24. The van der Waals surface area contributed by atoms with Gasteiger partial charge < -0.3 is 15.4 Å². The summed E-state index contributed by atoms with van der Waals surface area (Å²) >= 11 is 6.20. The molecular weight excluding hydrogens is 388 g/mol. The van der Waals surface area contributed by atoms with E-state index in [4.69, 9.17) is 16.3 Å². The quantitative estimate of drug-likeness (QED) is 0.659. The van der Waals surface area contributed by atoms with Crippen LogP contribution in [0.1, 0.15) is 34.8 Å². The van der Waals surface area contributed by atoms with E-state index in [1.807, 2.05) is 35.0 Å². The Balaban J connectivity index is 1.68. The Morgan fingerprint density at radius 1 is 1.21 bits per heavy atom. The number of ether oxygens (including phenoxy) is 1. The molecule has 2 aromatic carbocycles. The maximum atomic E-state index is 13.1. The van der Waals surface area contributed by atoms with Gasteiger partial charge in [-0.1, -0.05) is 29.8 Å². The van der Waals surface area contributed by atoms with Crippen molar-refractivity contribution in [3.63, 3.8) is 0 Å². The summed E-state index contributed by atoms with van der Waals surface area (Å²) in [5.74, 6) is 0.637. The zero-order valence-electron chi connectivity index (χ0n) is 16.2. The van der Waals surface area contributed by atoms with E-state index in [1.54, 1.807) is 31.5 Å². The number of piperidine rings is 1. The summed E-state index contributed by atoms with van der Waals surface area (Å²) in [6, 6.07) is 15.1. The van der Waals surface area contributed by atoms with Gasteiger partial charge in [-0.3, -0.25) is 4.79 Å². The highest BCUT2D eigenvalue weighted by atomic mass is 35.5. The average molecular weight is 411 g/mol.